The molecule has 3 aromatic rings. The minimum Gasteiger partial charge on any atom is -0.494 e. The van der Waals surface area contributed by atoms with Crippen LogP contribution in [0.4, 0.5) is 0 Å². The third-order valence-corrected chi connectivity index (χ3v) is 6.90. The third-order valence-electron chi connectivity index (χ3n) is 6.90. The van der Waals surface area contributed by atoms with Crippen molar-refractivity contribution < 1.29 is 24.5 Å². The Labute approximate surface area is 241 Å². The van der Waals surface area contributed by atoms with Crippen LogP contribution in [0.1, 0.15) is 54.2 Å². The van der Waals surface area contributed by atoms with Gasteiger partial charge in [-0.1, -0.05) is 67.3 Å². The molecule has 1 saturated carbocycles. The molecule has 1 unspecified atom stereocenters. The Kier molecular flexibility index (Phi) is 10.5. The molecule has 2 aromatic carbocycles. The number of methoxy groups -OCH3 is 1. The first-order valence-electron chi connectivity index (χ1n) is 13.9. The number of carbonyl (C=O) groups excluding carboxylic acids is 1. The fourth-order valence-corrected chi connectivity index (χ4v) is 4.58. The summed E-state index contributed by atoms with van der Waals surface area (Å²) in [4.78, 5) is 17.7. The van der Waals surface area contributed by atoms with Crippen LogP contribution < -0.4 is 14.8 Å². The Hall–Kier alpha value is -4.20. The first kappa shape index (κ1) is 29.8. The van der Waals surface area contributed by atoms with Gasteiger partial charge in [0.25, 0.3) is 5.91 Å². The number of aliphatic hydroxyl groups excluding tert-OH is 2. The lowest BCUT2D eigenvalue weighted by Gasteiger charge is -2.18. The van der Waals surface area contributed by atoms with E-state index in [0.717, 1.165) is 29.0 Å². The lowest BCUT2D eigenvalue weighted by atomic mass is 9.97. The summed E-state index contributed by atoms with van der Waals surface area (Å²) >= 11 is 0. The molecule has 1 atom stereocenters. The van der Waals surface area contributed by atoms with Gasteiger partial charge in [0.1, 0.15) is 24.8 Å². The van der Waals surface area contributed by atoms with Gasteiger partial charge in [-0.2, -0.15) is 0 Å². The van der Waals surface area contributed by atoms with Crippen LogP contribution in [0.2, 0.25) is 0 Å². The van der Waals surface area contributed by atoms with Crippen LogP contribution in [0, 0.1) is 5.92 Å². The molecule has 7 nitrogen and oxygen atoms in total. The molecule has 0 radical (unpaired) electrons. The number of benzene rings is 2. The first-order valence-corrected chi connectivity index (χ1v) is 13.9. The van der Waals surface area contributed by atoms with Crippen LogP contribution in [0.25, 0.3) is 34.5 Å². The predicted octanol–water partition coefficient (Wildman–Crippen LogP) is 6.27. The van der Waals surface area contributed by atoms with Crippen molar-refractivity contribution in [1.82, 2.24) is 10.3 Å². The summed E-state index contributed by atoms with van der Waals surface area (Å²) in [6, 6.07) is 15.6. The topological polar surface area (TPSA) is 101 Å². The van der Waals surface area contributed by atoms with E-state index in [9.17, 15) is 15.0 Å². The van der Waals surface area contributed by atoms with Crippen molar-refractivity contribution in [2.45, 2.75) is 38.7 Å². The summed E-state index contributed by atoms with van der Waals surface area (Å²) < 4.78 is 11.5. The number of carbonyl (C=O) groups is 1. The molecular formula is C34H38N2O5. The monoisotopic (exact) mass is 554 g/mol. The number of aliphatic hydroxyl groups is 2. The number of allylic oxidation sites excluding steroid dienone is 3. The van der Waals surface area contributed by atoms with E-state index < -0.39 is 18.7 Å². The van der Waals surface area contributed by atoms with Crippen LogP contribution in [-0.4, -0.2) is 47.7 Å². The number of hydrogen-bond donors (Lipinski definition) is 3. The molecule has 1 fully saturated rings. The molecule has 214 valence electrons. The number of amides is 1. The van der Waals surface area contributed by atoms with Gasteiger partial charge >= 0.3 is 0 Å². The average Bonchev–Trinajstić information content (AvgIpc) is 3.83. The molecule has 1 heterocycles. The molecule has 0 bridgehead atoms. The number of ether oxygens (including phenoxy) is 2. The Morgan fingerprint density at radius 2 is 1.78 bits per heavy atom. The van der Waals surface area contributed by atoms with Crippen molar-refractivity contribution in [2.75, 3.05) is 20.4 Å². The van der Waals surface area contributed by atoms with Crippen molar-refractivity contribution in [3.8, 4) is 33.9 Å². The molecule has 41 heavy (non-hydrogen) atoms. The first-order chi connectivity index (χ1) is 20.0. The van der Waals surface area contributed by atoms with Gasteiger partial charge in [-0.05, 0) is 67.9 Å². The van der Waals surface area contributed by atoms with E-state index in [1.807, 2.05) is 61.5 Å². The summed E-state index contributed by atoms with van der Waals surface area (Å²) in [5.74, 6) is 1.29. The minimum absolute atomic E-state index is 0.258. The molecular weight excluding hydrogens is 516 g/mol. The summed E-state index contributed by atoms with van der Waals surface area (Å²) in [6.07, 6.45) is 13.3. The van der Waals surface area contributed by atoms with Crippen molar-refractivity contribution in [3.63, 3.8) is 0 Å². The maximum atomic E-state index is 12.9. The lowest BCUT2D eigenvalue weighted by molar-refractivity contribution is 0.0906. The number of rotatable bonds is 14. The van der Waals surface area contributed by atoms with Gasteiger partial charge in [-0.25, -0.2) is 4.98 Å². The highest BCUT2D eigenvalue weighted by molar-refractivity contribution is 6.03. The summed E-state index contributed by atoms with van der Waals surface area (Å²) in [6.45, 7) is 5.48. The zero-order chi connectivity index (χ0) is 29.2. The highest BCUT2D eigenvalue weighted by Gasteiger charge is 2.24. The molecule has 4 rings (SSSR count). The second kappa shape index (κ2) is 14.4. The maximum Gasteiger partial charge on any atom is 0.257 e. The summed E-state index contributed by atoms with van der Waals surface area (Å²) in [5.41, 5.74) is 4.63. The van der Waals surface area contributed by atoms with Crippen molar-refractivity contribution in [2.24, 2.45) is 5.92 Å². The maximum absolute atomic E-state index is 12.9. The average molecular weight is 555 g/mol. The molecule has 1 aromatic heterocycles. The van der Waals surface area contributed by atoms with Crippen LogP contribution in [0.3, 0.4) is 0 Å². The Balaban J connectivity index is 1.50. The van der Waals surface area contributed by atoms with Gasteiger partial charge in [0.2, 0.25) is 0 Å². The van der Waals surface area contributed by atoms with Crippen LogP contribution in [0.5, 0.6) is 11.5 Å². The van der Waals surface area contributed by atoms with Gasteiger partial charge < -0.3 is 25.0 Å². The highest BCUT2D eigenvalue weighted by atomic mass is 16.5. The Morgan fingerprint density at radius 3 is 2.37 bits per heavy atom. The van der Waals surface area contributed by atoms with E-state index >= 15 is 0 Å². The molecule has 1 aliphatic carbocycles. The van der Waals surface area contributed by atoms with Crippen molar-refractivity contribution in [3.05, 3.63) is 90.2 Å². The standard InChI is InChI=1S/C34H38N2O5/c1-4-8-30-29(5-2)31(34(39)35-22-37)33(40-3)32(36-30)26-15-13-24(14-16-26)25-17-19-28(20-18-25)41-21-27(38)10-7-6-9-23-11-12-23/h4-6,8-9,13-20,23,27,37-38H,2,7,10-12,21-22H2,1,3H3,(H,35,39)/b8-4-,9-6+. The molecule has 0 spiro atoms. The number of aromatic nitrogens is 1. The fourth-order valence-electron chi connectivity index (χ4n) is 4.58. The van der Waals surface area contributed by atoms with Crippen molar-refractivity contribution in [1.29, 1.82) is 0 Å². The largest absolute Gasteiger partial charge is 0.494 e. The van der Waals surface area contributed by atoms with Crippen LogP contribution in [-0.2, 0) is 0 Å². The smallest absolute Gasteiger partial charge is 0.257 e. The Morgan fingerprint density at radius 1 is 1.12 bits per heavy atom. The second-order valence-electron chi connectivity index (χ2n) is 9.95. The number of pyridine rings is 1. The Bertz CT molecular complexity index is 1390. The van der Waals surface area contributed by atoms with E-state index in [1.54, 1.807) is 12.2 Å². The van der Waals surface area contributed by atoms with E-state index in [1.165, 1.54) is 20.0 Å². The fraction of sp³-hybridized carbons (Fsp3) is 0.294. The van der Waals surface area contributed by atoms with Gasteiger partial charge in [0, 0.05) is 11.1 Å². The second-order valence-corrected chi connectivity index (χ2v) is 9.95. The number of hydrogen-bond acceptors (Lipinski definition) is 6. The van der Waals surface area contributed by atoms with Gasteiger partial charge in [0.15, 0.2) is 5.75 Å². The summed E-state index contributed by atoms with van der Waals surface area (Å²) in [7, 11) is 1.49. The lowest BCUT2D eigenvalue weighted by Crippen LogP contribution is -2.26. The molecule has 0 saturated heterocycles. The van der Waals surface area contributed by atoms with E-state index in [0.29, 0.717) is 34.9 Å². The van der Waals surface area contributed by atoms with E-state index in [2.05, 4.69) is 24.0 Å². The van der Waals surface area contributed by atoms with Crippen LogP contribution >= 0.6 is 0 Å². The molecule has 7 heteroatoms. The van der Waals surface area contributed by atoms with E-state index in [4.69, 9.17) is 14.5 Å². The molecule has 1 aliphatic rings. The van der Waals surface area contributed by atoms with E-state index in [-0.39, 0.29) is 12.2 Å². The van der Waals surface area contributed by atoms with Crippen LogP contribution in [0.15, 0.2) is 73.3 Å². The third kappa shape index (κ3) is 7.72. The van der Waals surface area contributed by atoms with Gasteiger partial charge in [0.05, 0.1) is 24.5 Å². The number of nitrogens with one attached hydrogen (secondary N) is 1. The normalized spacial score (nSPS) is 13.9. The molecule has 1 amide bonds. The zero-order valence-electron chi connectivity index (χ0n) is 23.7. The zero-order valence-corrected chi connectivity index (χ0v) is 23.7. The predicted molar refractivity (Wildman–Crippen MR) is 164 cm³/mol. The summed E-state index contributed by atoms with van der Waals surface area (Å²) in [5, 5.41) is 22.0. The molecule has 0 aliphatic heterocycles. The molecule has 3 N–H and O–H groups in total. The minimum atomic E-state index is -0.508. The van der Waals surface area contributed by atoms with Gasteiger partial charge in [-0.15, -0.1) is 0 Å². The quantitative estimate of drug-likeness (QED) is 0.161. The van der Waals surface area contributed by atoms with Gasteiger partial charge in [-0.3, -0.25) is 4.79 Å². The SMILES string of the molecule is C=Cc1c(/C=C\C)nc(-c2ccc(-c3ccc(OCC(O)CC/C=C/C4CC4)cc3)cc2)c(OC)c1C(=O)NCO. The highest BCUT2D eigenvalue weighted by Crippen LogP contribution is 2.37. The van der Waals surface area contributed by atoms with Crippen molar-refractivity contribution >= 4 is 18.1 Å². The number of nitrogens with zero attached hydrogens (tertiary/aromatic N) is 1.